The lowest BCUT2D eigenvalue weighted by Gasteiger charge is -2.07. The highest BCUT2D eigenvalue weighted by molar-refractivity contribution is 5.59. The highest BCUT2D eigenvalue weighted by Gasteiger charge is 2.29. The average molecular weight is 239 g/mol. The van der Waals surface area contributed by atoms with Crippen molar-refractivity contribution >= 4 is 5.82 Å². The molecule has 0 unspecified atom stereocenters. The van der Waals surface area contributed by atoms with Gasteiger partial charge in [-0.3, -0.25) is 0 Å². The first-order valence-corrected chi connectivity index (χ1v) is 4.73. The number of nitrogens with zero attached hydrogens (tertiary/aromatic N) is 2. The van der Waals surface area contributed by atoms with Gasteiger partial charge in [0.05, 0.1) is 11.3 Å². The summed E-state index contributed by atoms with van der Waals surface area (Å²) in [5.41, 5.74) is 5.71. The van der Waals surface area contributed by atoms with Crippen LogP contribution >= 0.6 is 0 Å². The molecular formula is C11H8F3N3. The van der Waals surface area contributed by atoms with E-state index in [-0.39, 0.29) is 5.82 Å². The molecule has 6 heteroatoms. The molecule has 0 saturated heterocycles. The van der Waals surface area contributed by atoms with Gasteiger partial charge >= 0.3 is 6.18 Å². The van der Waals surface area contributed by atoms with Gasteiger partial charge in [0.2, 0.25) is 0 Å². The fraction of sp³-hybridized carbons (Fsp3) is 0.0909. The number of nitrogen functional groups attached to an aromatic ring is 1. The van der Waals surface area contributed by atoms with Crippen LogP contribution in [0, 0.1) is 0 Å². The van der Waals surface area contributed by atoms with E-state index in [0.717, 1.165) is 12.1 Å². The van der Waals surface area contributed by atoms with Gasteiger partial charge in [-0.25, -0.2) is 0 Å². The Morgan fingerprint density at radius 1 is 0.882 bits per heavy atom. The molecule has 0 aliphatic carbocycles. The Bertz CT molecular complexity index is 503. The molecular weight excluding hydrogens is 231 g/mol. The predicted octanol–water partition coefficient (Wildman–Crippen LogP) is 2.74. The van der Waals surface area contributed by atoms with Gasteiger partial charge in [-0.2, -0.15) is 13.2 Å². The van der Waals surface area contributed by atoms with Crippen molar-refractivity contribution in [3.05, 3.63) is 42.0 Å². The Kier molecular flexibility index (Phi) is 2.71. The van der Waals surface area contributed by atoms with Crippen LogP contribution in [0.3, 0.4) is 0 Å². The van der Waals surface area contributed by atoms with Gasteiger partial charge in [0, 0.05) is 5.56 Å². The summed E-state index contributed by atoms with van der Waals surface area (Å²) in [6, 6.07) is 7.86. The van der Waals surface area contributed by atoms with Gasteiger partial charge < -0.3 is 5.73 Å². The first-order chi connectivity index (χ1) is 7.97. The van der Waals surface area contributed by atoms with Crippen LogP contribution in [0.2, 0.25) is 0 Å². The summed E-state index contributed by atoms with van der Waals surface area (Å²) < 4.78 is 37.0. The molecule has 0 saturated carbocycles. The van der Waals surface area contributed by atoms with E-state index in [1.165, 1.54) is 12.1 Å². The number of anilines is 1. The van der Waals surface area contributed by atoms with Crippen molar-refractivity contribution in [2.24, 2.45) is 0 Å². The van der Waals surface area contributed by atoms with Crippen LogP contribution in [-0.2, 0) is 6.18 Å². The van der Waals surface area contributed by atoms with Crippen LogP contribution < -0.4 is 5.73 Å². The first-order valence-electron chi connectivity index (χ1n) is 4.73. The summed E-state index contributed by atoms with van der Waals surface area (Å²) in [6.07, 6.45) is -4.33. The van der Waals surface area contributed by atoms with Gasteiger partial charge in [0.25, 0.3) is 0 Å². The van der Waals surface area contributed by atoms with Crippen molar-refractivity contribution in [1.82, 2.24) is 10.2 Å². The summed E-state index contributed by atoms with van der Waals surface area (Å²) in [5.74, 6) is 0.265. The topological polar surface area (TPSA) is 51.8 Å². The number of nitrogens with two attached hydrogens (primary N) is 1. The predicted molar refractivity (Wildman–Crippen MR) is 56.9 cm³/mol. The maximum Gasteiger partial charge on any atom is 0.416 e. The molecule has 2 N–H and O–H groups in total. The molecule has 0 fully saturated rings. The average Bonchev–Trinajstić information content (AvgIpc) is 2.29. The minimum absolute atomic E-state index is 0.265. The third-order valence-electron chi connectivity index (χ3n) is 2.19. The molecule has 0 aliphatic rings. The Hall–Kier alpha value is -2.11. The number of benzene rings is 1. The zero-order valence-electron chi connectivity index (χ0n) is 8.57. The van der Waals surface area contributed by atoms with Crippen LogP contribution in [0.4, 0.5) is 19.0 Å². The number of hydrogen-bond acceptors (Lipinski definition) is 3. The highest BCUT2D eigenvalue weighted by atomic mass is 19.4. The second-order valence-corrected chi connectivity index (χ2v) is 3.42. The monoisotopic (exact) mass is 239 g/mol. The minimum atomic E-state index is -4.33. The molecule has 2 aromatic rings. The van der Waals surface area contributed by atoms with Crippen LogP contribution in [-0.4, -0.2) is 10.2 Å². The van der Waals surface area contributed by atoms with E-state index in [0.29, 0.717) is 11.3 Å². The van der Waals surface area contributed by atoms with Crippen LogP contribution in [0.5, 0.6) is 0 Å². The lowest BCUT2D eigenvalue weighted by Crippen LogP contribution is -2.04. The zero-order valence-corrected chi connectivity index (χ0v) is 8.57. The van der Waals surface area contributed by atoms with Gasteiger partial charge in [0.1, 0.15) is 5.82 Å². The summed E-state index contributed by atoms with van der Waals surface area (Å²) in [5, 5.41) is 7.42. The minimum Gasteiger partial charge on any atom is -0.382 e. The molecule has 0 spiro atoms. The Balaban J connectivity index is 2.33. The molecule has 3 nitrogen and oxygen atoms in total. The quantitative estimate of drug-likeness (QED) is 0.832. The van der Waals surface area contributed by atoms with E-state index in [9.17, 15) is 13.2 Å². The van der Waals surface area contributed by atoms with E-state index in [2.05, 4.69) is 10.2 Å². The standard InChI is InChI=1S/C11H8F3N3/c12-11(13,14)8-3-1-7(2-4-8)9-5-6-10(15)17-16-9/h1-6H,(H2,15,17). The largest absolute Gasteiger partial charge is 0.416 e. The Labute approximate surface area is 95.1 Å². The Morgan fingerprint density at radius 2 is 1.53 bits per heavy atom. The number of aromatic nitrogens is 2. The molecule has 88 valence electrons. The van der Waals surface area contributed by atoms with Crippen LogP contribution in [0.1, 0.15) is 5.56 Å². The third kappa shape index (κ3) is 2.52. The van der Waals surface area contributed by atoms with Crippen molar-refractivity contribution in [3.8, 4) is 11.3 Å². The molecule has 0 atom stereocenters. The number of alkyl halides is 3. The van der Waals surface area contributed by atoms with E-state index in [1.807, 2.05) is 0 Å². The fourth-order valence-electron chi connectivity index (χ4n) is 1.33. The lowest BCUT2D eigenvalue weighted by atomic mass is 10.1. The second kappa shape index (κ2) is 4.04. The summed E-state index contributed by atoms with van der Waals surface area (Å²) in [4.78, 5) is 0. The molecule has 0 bridgehead atoms. The maximum atomic E-state index is 12.3. The normalized spacial score (nSPS) is 11.5. The lowest BCUT2D eigenvalue weighted by molar-refractivity contribution is -0.137. The van der Waals surface area contributed by atoms with Crippen LogP contribution in [0.15, 0.2) is 36.4 Å². The number of hydrogen-bond donors (Lipinski definition) is 1. The van der Waals surface area contributed by atoms with E-state index >= 15 is 0 Å². The fourth-order valence-corrected chi connectivity index (χ4v) is 1.33. The highest BCUT2D eigenvalue weighted by Crippen LogP contribution is 2.30. The molecule has 2 rings (SSSR count). The Morgan fingerprint density at radius 3 is 2.00 bits per heavy atom. The smallest absolute Gasteiger partial charge is 0.382 e. The number of rotatable bonds is 1. The third-order valence-corrected chi connectivity index (χ3v) is 2.19. The molecule has 0 radical (unpaired) electrons. The summed E-state index contributed by atoms with van der Waals surface area (Å²) in [6.45, 7) is 0. The molecule has 1 aromatic carbocycles. The molecule has 1 aromatic heterocycles. The van der Waals surface area contributed by atoms with Gasteiger partial charge in [-0.15, -0.1) is 10.2 Å². The number of halogens is 3. The maximum absolute atomic E-state index is 12.3. The van der Waals surface area contributed by atoms with Crippen molar-refractivity contribution in [2.75, 3.05) is 5.73 Å². The molecule has 0 aliphatic heterocycles. The van der Waals surface area contributed by atoms with E-state index in [1.54, 1.807) is 12.1 Å². The van der Waals surface area contributed by atoms with Gasteiger partial charge in [0.15, 0.2) is 0 Å². The van der Waals surface area contributed by atoms with Crippen LogP contribution in [0.25, 0.3) is 11.3 Å². The van der Waals surface area contributed by atoms with Crippen molar-refractivity contribution in [3.63, 3.8) is 0 Å². The second-order valence-electron chi connectivity index (χ2n) is 3.42. The molecule has 0 amide bonds. The van der Waals surface area contributed by atoms with Gasteiger partial charge in [-0.05, 0) is 24.3 Å². The zero-order chi connectivity index (χ0) is 12.5. The molecule has 1 heterocycles. The van der Waals surface area contributed by atoms with E-state index < -0.39 is 11.7 Å². The van der Waals surface area contributed by atoms with E-state index in [4.69, 9.17) is 5.73 Å². The molecule has 17 heavy (non-hydrogen) atoms. The summed E-state index contributed by atoms with van der Waals surface area (Å²) >= 11 is 0. The van der Waals surface area contributed by atoms with Crippen molar-refractivity contribution < 1.29 is 13.2 Å². The first kappa shape index (κ1) is 11.4. The van der Waals surface area contributed by atoms with Crippen molar-refractivity contribution in [1.29, 1.82) is 0 Å². The SMILES string of the molecule is Nc1ccc(-c2ccc(C(F)(F)F)cc2)nn1. The summed E-state index contributed by atoms with van der Waals surface area (Å²) in [7, 11) is 0. The van der Waals surface area contributed by atoms with Crippen molar-refractivity contribution in [2.45, 2.75) is 6.18 Å². The van der Waals surface area contributed by atoms with Gasteiger partial charge in [-0.1, -0.05) is 12.1 Å².